The highest BCUT2D eigenvalue weighted by molar-refractivity contribution is 6.23. The average Bonchev–Trinajstić information content (AvgIpc) is 2.76. The SMILES string of the molecule is Nc1cccc(-c2c3ccccc3c(-c3cccc(N)c3N)c3ccccc23)c1N. The minimum atomic E-state index is 0.574. The lowest BCUT2D eigenvalue weighted by molar-refractivity contribution is 1.62. The van der Waals surface area contributed by atoms with E-state index in [0.717, 1.165) is 43.8 Å². The molecule has 30 heavy (non-hydrogen) atoms. The number of hydrogen-bond donors (Lipinski definition) is 4. The molecule has 0 saturated heterocycles. The van der Waals surface area contributed by atoms with Gasteiger partial charge in [-0.15, -0.1) is 0 Å². The van der Waals surface area contributed by atoms with E-state index in [1.54, 1.807) is 0 Å². The molecule has 0 spiro atoms. The third kappa shape index (κ3) is 2.54. The van der Waals surface area contributed by atoms with Crippen LogP contribution in [0.25, 0.3) is 43.8 Å². The number of anilines is 4. The molecule has 0 heterocycles. The van der Waals surface area contributed by atoms with Crippen molar-refractivity contribution in [2.75, 3.05) is 22.9 Å². The van der Waals surface area contributed by atoms with E-state index in [1.807, 2.05) is 60.7 Å². The average molecular weight is 390 g/mol. The van der Waals surface area contributed by atoms with Crippen LogP contribution in [0.4, 0.5) is 22.7 Å². The maximum absolute atomic E-state index is 6.43. The standard InChI is InChI=1S/C26H22N4/c27-21-13-5-11-19(25(21)29)23-15-7-1-2-8-16(15)24(18-10-4-3-9-17(18)23)20-12-6-14-22(28)26(20)30/h1-14H,27-30H2. The zero-order valence-electron chi connectivity index (χ0n) is 16.4. The van der Waals surface area contributed by atoms with Crippen LogP contribution in [0.5, 0.6) is 0 Å². The van der Waals surface area contributed by atoms with Crippen molar-refractivity contribution in [3.63, 3.8) is 0 Å². The summed E-state index contributed by atoms with van der Waals surface area (Å²) in [6.45, 7) is 0. The molecule has 8 N–H and O–H groups in total. The lowest BCUT2D eigenvalue weighted by Gasteiger charge is -2.20. The normalized spacial score (nSPS) is 11.2. The zero-order chi connectivity index (χ0) is 20.8. The maximum Gasteiger partial charge on any atom is 0.0627 e. The molecule has 0 bridgehead atoms. The van der Waals surface area contributed by atoms with Crippen molar-refractivity contribution in [2.45, 2.75) is 0 Å². The molecule has 0 aliphatic rings. The van der Waals surface area contributed by atoms with E-state index in [2.05, 4.69) is 24.3 Å². The molecule has 146 valence electrons. The number of rotatable bonds is 2. The van der Waals surface area contributed by atoms with Gasteiger partial charge in [-0.05, 0) is 44.8 Å². The molecule has 0 radical (unpaired) electrons. The molecule has 0 saturated carbocycles. The predicted octanol–water partition coefficient (Wildman–Crippen LogP) is 5.66. The fraction of sp³-hybridized carbons (Fsp3) is 0. The maximum atomic E-state index is 6.43. The van der Waals surface area contributed by atoms with Crippen molar-refractivity contribution in [3.8, 4) is 22.3 Å². The van der Waals surface area contributed by atoms with Gasteiger partial charge in [0.1, 0.15) is 0 Å². The summed E-state index contributed by atoms with van der Waals surface area (Å²) in [5.41, 5.74) is 31.5. The van der Waals surface area contributed by atoms with Crippen LogP contribution in [-0.2, 0) is 0 Å². The number of para-hydroxylation sites is 2. The highest BCUT2D eigenvalue weighted by Gasteiger charge is 2.19. The first-order chi connectivity index (χ1) is 14.6. The summed E-state index contributed by atoms with van der Waals surface area (Å²) in [4.78, 5) is 0. The van der Waals surface area contributed by atoms with E-state index >= 15 is 0 Å². The Morgan fingerprint density at radius 3 is 1.03 bits per heavy atom. The third-order valence-electron chi connectivity index (χ3n) is 5.75. The molecule has 5 aromatic rings. The van der Waals surface area contributed by atoms with Gasteiger partial charge in [0.2, 0.25) is 0 Å². The van der Waals surface area contributed by atoms with Crippen LogP contribution in [0, 0.1) is 0 Å². The van der Waals surface area contributed by atoms with Gasteiger partial charge in [-0.2, -0.15) is 0 Å². The van der Waals surface area contributed by atoms with Crippen molar-refractivity contribution in [3.05, 3.63) is 84.9 Å². The second kappa shape index (κ2) is 6.71. The minimum absolute atomic E-state index is 0.574. The minimum Gasteiger partial charge on any atom is -0.397 e. The summed E-state index contributed by atoms with van der Waals surface area (Å²) >= 11 is 0. The Hall–Kier alpha value is -4.18. The van der Waals surface area contributed by atoms with Gasteiger partial charge >= 0.3 is 0 Å². The Labute approximate surface area is 174 Å². The zero-order valence-corrected chi connectivity index (χ0v) is 16.4. The molecule has 0 aliphatic carbocycles. The van der Waals surface area contributed by atoms with Gasteiger partial charge in [0.25, 0.3) is 0 Å². The van der Waals surface area contributed by atoms with Crippen molar-refractivity contribution >= 4 is 44.3 Å². The fourth-order valence-electron chi connectivity index (χ4n) is 4.31. The first kappa shape index (κ1) is 17.9. The van der Waals surface area contributed by atoms with Crippen molar-refractivity contribution < 1.29 is 0 Å². The highest BCUT2D eigenvalue weighted by Crippen LogP contribution is 2.47. The number of nitrogens with two attached hydrogens (primary N) is 4. The topological polar surface area (TPSA) is 104 Å². The molecule has 0 fully saturated rings. The fourth-order valence-corrected chi connectivity index (χ4v) is 4.31. The second-order valence-corrected chi connectivity index (χ2v) is 7.46. The summed E-state index contributed by atoms with van der Waals surface area (Å²) in [7, 11) is 0. The van der Waals surface area contributed by atoms with E-state index in [4.69, 9.17) is 22.9 Å². The third-order valence-corrected chi connectivity index (χ3v) is 5.75. The van der Waals surface area contributed by atoms with Gasteiger partial charge in [0.15, 0.2) is 0 Å². The van der Waals surface area contributed by atoms with Crippen LogP contribution >= 0.6 is 0 Å². The van der Waals surface area contributed by atoms with Crippen molar-refractivity contribution in [2.24, 2.45) is 0 Å². The second-order valence-electron chi connectivity index (χ2n) is 7.46. The summed E-state index contributed by atoms with van der Waals surface area (Å²) < 4.78 is 0. The van der Waals surface area contributed by atoms with Crippen LogP contribution < -0.4 is 22.9 Å². The molecule has 5 aromatic carbocycles. The van der Waals surface area contributed by atoms with Gasteiger partial charge in [0, 0.05) is 11.1 Å². The van der Waals surface area contributed by atoms with Crippen molar-refractivity contribution in [1.82, 2.24) is 0 Å². The molecule has 0 unspecified atom stereocenters. The van der Waals surface area contributed by atoms with Crippen LogP contribution in [0.3, 0.4) is 0 Å². The summed E-state index contributed by atoms with van der Waals surface area (Å²) in [6.07, 6.45) is 0. The number of hydrogen-bond acceptors (Lipinski definition) is 4. The Bertz CT molecular complexity index is 1270. The Kier molecular flexibility index (Phi) is 4.00. The van der Waals surface area contributed by atoms with Gasteiger partial charge < -0.3 is 22.9 Å². The molecule has 4 nitrogen and oxygen atoms in total. The monoisotopic (exact) mass is 390 g/mol. The molecule has 0 aliphatic heterocycles. The lowest BCUT2D eigenvalue weighted by Crippen LogP contribution is -2.00. The number of benzene rings is 5. The Balaban J connectivity index is 2.03. The Morgan fingerprint density at radius 2 is 0.700 bits per heavy atom. The summed E-state index contributed by atoms with van der Waals surface area (Å²) in [6, 6.07) is 28.2. The highest BCUT2D eigenvalue weighted by atomic mass is 14.7. The molecule has 0 atom stereocenters. The molecular weight excluding hydrogens is 368 g/mol. The smallest absolute Gasteiger partial charge is 0.0627 e. The number of fused-ring (bicyclic) bond motifs is 2. The van der Waals surface area contributed by atoms with Gasteiger partial charge in [-0.3, -0.25) is 0 Å². The summed E-state index contributed by atoms with van der Waals surface area (Å²) in [5.74, 6) is 0. The van der Waals surface area contributed by atoms with Crippen LogP contribution in [0.15, 0.2) is 84.9 Å². The molecule has 0 aromatic heterocycles. The number of nitrogen functional groups attached to an aromatic ring is 4. The predicted molar refractivity (Wildman–Crippen MR) is 130 cm³/mol. The first-order valence-corrected chi connectivity index (χ1v) is 9.80. The Morgan fingerprint density at radius 1 is 0.367 bits per heavy atom. The molecule has 5 rings (SSSR count). The van der Waals surface area contributed by atoms with Crippen LogP contribution in [0.1, 0.15) is 0 Å². The van der Waals surface area contributed by atoms with E-state index in [9.17, 15) is 0 Å². The van der Waals surface area contributed by atoms with Crippen molar-refractivity contribution in [1.29, 1.82) is 0 Å². The van der Waals surface area contributed by atoms with E-state index < -0.39 is 0 Å². The molecule has 4 heteroatoms. The quantitative estimate of drug-likeness (QED) is 0.231. The van der Waals surface area contributed by atoms with E-state index in [1.165, 1.54) is 0 Å². The lowest BCUT2D eigenvalue weighted by atomic mass is 9.85. The molecule has 0 amide bonds. The first-order valence-electron chi connectivity index (χ1n) is 9.80. The molecular formula is C26H22N4. The van der Waals surface area contributed by atoms with Gasteiger partial charge in [-0.25, -0.2) is 0 Å². The van der Waals surface area contributed by atoms with Gasteiger partial charge in [0.05, 0.1) is 22.7 Å². The van der Waals surface area contributed by atoms with E-state index in [0.29, 0.717) is 22.7 Å². The van der Waals surface area contributed by atoms with E-state index in [-0.39, 0.29) is 0 Å². The van der Waals surface area contributed by atoms with Gasteiger partial charge in [-0.1, -0.05) is 72.8 Å². The van der Waals surface area contributed by atoms with Crippen LogP contribution in [-0.4, -0.2) is 0 Å². The van der Waals surface area contributed by atoms with Crippen LogP contribution in [0.2, 0.25) is 0 Å². The summed E-state index contributed by atoms with van der Waals surface area (Å²) in [5, 5.41) is 4.35. The largest absolute Gasteiger partial charge is 0.397 e.